The summed E-state index contributed by atoms with van der Waals surface area (Å²) in [6, 6.07) is 15.4. The zero-order valence-corrected chi connectivity index (χ0v) is 24.7. The SMILES string of the molecule is COc1ccc(CNC(=O)[C@@H](CC(C)C)N2CCC(CCc3ccccc3)N3C[C@H](N)C[C@H]3C2=O)cc1Cl.Cl. The quantitative estimate of drug-likeness (QED) is 0.436. The van der Waals surface area contributed by atoms with Crippen molar-refractivity contribution >= 4 is 35.8 Å². The lowest BCUT2D eigenvalue weighted by atomic mass is 9.99. The van der Waals surface area contributed by atoms with Gasteiger partial charge in [0.25, 0.3) is 0 Å². The maximum atomic E-state index is 13.9. The van der Waals surface area contributed by atoms with E-state index in [-0.39, 0.29) is 48.3 Å². The van der Waals surface area contributed by atoms with Crippen LogP contribution in [0.1, 0.15) is 50.7 Å². The van der Waals surface area contributed by atoms with Crippen LogP contribution in [-0.2, 0) is 22.6 Å². The monoisotopic (exact) mass is 576 g/mol. The Balaban J connectivity index is 0.00000420. The van der Waals surface area contributed by atoms with Crippen molar-refractivity contribution in [1.29, 1.82) is 0 Å². The van der Waals surface area contributed by atoms with Gasteiger partial charge in [-0.1, -0.05) is 61.8 Å². The van der Waals surface area contributed by atoms with E-state index in [2.05, 4.69) is 48.3 Å². The minimum Gasteiger partial charge on any atom is -0.495 e. The van der Waals surface area contributed by atoms with Crippen molar-refractivity contribution in [2.75, 3.05) is 20.2 Å². The number of aryl methyl sites for hydroxylation is 1. The molecule has 1 unspecified atom stereocenters. The fraction of sp³-hybridized carbons (Fsp3) is 0.533. The second kappa shape index (κ2) is 14.4. The molecule has 2 heterocycles. The smallest absolute Gasteiger partial charge is 0.243 e. The number of hydrogen-bond donors (Lipinski definition) is 2. The lowest BCUT2D eigenvalue weighted by Gasteiger charge is -2.33. The summed E-state index contributed by atoms with van der Waals surface area (Å²) in [5.74, 6) is 0.757. The van der Waals surface area contributed by atoms with E-state index < -0.39 is 6.04 Å². The Bertz CT molecular complexity index is 1100. The van der Waals surface area contributed by atoms with E-state index in [4.69, 9.17) is 22.1 Å². The first-order valence-corrected chi connectivity index (χ1v) is 14.1. The molecule has 4 atom stereocenters. The average molecular weight is 578 g/mol. The summed E-state index contributed by atoms with van der Waals surface area (Å²) in [4.78, 5) is 31.7. The highest BCUT2D eigenvalue weighted by Crippen LogP contribution is 2.31. The molecule has 0 saturated carbocycles. The van der Waals surface area contributed by atoms with Gasteiger partial charge in [-0.05, 0) is 61.3 Å². The summed E-state index contributed by atoms with van der Waals surface area (Å²) in [6.45, 7) is 5.81. The van der Waals surface area contributed by atoms with Gasteiger partial charge in [-0.25, -0.2) is 0 Å². The molecule has 3 N–H and O–H groups in total. The first-order chi connectivity index (χ1) is 18.3. The number of nitrogens with two attached hydrogens (primary N) is 1. The molecule has 2 fully saturated rings. The van der Waals surface area contributed by atoms with Gasteiger partial charge in [-0.3, -0.25) is 14.5 Å². The Hall–Kier alpha value is -2.32. The molecule has 9 heteroatoms. The molecule has 2 aliphatic heterocycles. The lowest BCUT2D eigenvalue weighted by Crippen LogP contribution is -2.53. The van der Waals surface area contributed by atoms with Crippen molar-refractivity contribution in [2.24, 2.45) is 11.7 Å². The van der Waals surface area contributed by atoms with Gasteiger partial charge in [-0.2, -0.15) is 0 Å². The molecule has 0 bridgehead atoms. The van der Waals surface area contributed by atoms with Gasteiger partial charge in [0.2, 0.25) is 11.8 Å². The molecule has 39 heavy (non-hydrogen) atoms. The van der Waals surface area contributed by atoms with Gasteiger partial charge < -0.3 is 20.7 Å². The van der Waals surface area contributed by atoms with Gasteiger partial charge >= 0.3 is 0 Å². The van der Waals surface area contributed by atoms with Gasteiger partial charge in [0.15, 0.2) is 0 Å². The highest BCUT2D eigenvalue weighted by molar-refractivity contribution is 6.32. The van der Waals surface area contributed by atoms with E-state index in [1.165, 1.54) is 5.56 Å². The molecule has 0 spiro atoms. The number of nitrogens with zero attached hydrogens (tertiary/aromatic N) is 2. The van der Waals surface area contributed by atoms with Crippen LogP contribution in [0.4, 0.5) is 0 Å². The normalized spacial score (nSPS) is 22.2. The topological polar surface area (TPSA) is 87.9 Å². The molecule has 4 rings (SSSR count). The highest BCUT2D eigenvalue weighted by Gasteiger charge is 2.45. The third kappa shape index (κ3) is 7.88. The molecular weight excluding hydrogens is 535 g/mol. The van der Waals surface area contributed by atoms with Crippen molar-refractivity contribution in [3.63, 3.8) is 0 Å². The van der Waals surface area contributed by atoms with Crippen LogP contribution in [0.15, 0.2) is 48.5 Å². The zero-order chi connectivity index (χ0) is 27.2. The second-order valence-electron chi connectivity index (χ2n) is 11.0. The van der Waals surface area contributed by atoms with Crippen LogP contribution in [0.3, 0.4) is 0 Å². The first kappa shape index (κ1) is 31.2. The number of benzene rings is 2. The van der Waals surface area contributed by atoms with Gasteiger partial charge in [0, 0.05) is 31.7 Å². The molecule has 0 aliphatic carbocycles. The number of halogens is 2. The number of carbonyl (C=O) groups excluding carboxylic acids is 2. The van der Waals surface area contributed by atoms with Crippen LogP contribution in [-0.4, -0.2) is 66.0 Å². The number of ether oxygens (including phenoxy) is 1. The first-order valence-electron chi connectivity index (χ1n) is 13.7. The lowest BCUT2D eigenvalue weighted by molar-refractivity contribution is -0.143. The van der Waals surface area contributed by atoms with Gasteiger partial charge in [0.1, 0.15) is 11.8 Å². The standard InChI is InChI=1S/C30H41ClN4O3.ClH/c1-20(2)15-26(29(36)33-18-22-10-12-28(38-3)25(31)16-22)34-14-13-24(11-9-21-7-5-4-6-8-21)35-19-23(32)17-27(35)30(34)37;/h4-8,10,12,16,20,23-24,26-27H,9,11,13-15,17-19,32H2,1-3H3,(H,33,36);1H/t23-,24?,26-,27+;/m1./s1. The van der Waals surface area contributed by atoms with Crippen molar-refractivity contribution in [3.8, 4) is 5.75 Å². The molecule has 2 saturated heterocycles. The third-order valence-electron chi connectivity index (χ3n) is 7.78. The number of amides is 2. The number of fused-ring (bicyclic) bond motifs is 1. The molecule has 0 radical (unpaired) electrons. The number of rotatable bonds is 10. The van der Waals surface area contributed by atoms with Crippen LogP contribution in [0, 0.1) is 5.92 Å². The maximum Gasteiger partial charge on any atom is 0.243 e. The Morgan fingerprint density at radius 1 is 1.18 bits per heavy atom. The summed E-state index contributed by atoms with van der Waals surface area (Å²) < 4.78 is 5.23. The largest absolute Gasteiger partial charge is 0.495 e. The minimum absolute atomic E-state index is 0. The van der Waals surface area contributed by atoms with Gasteiger partial charge in [0.05, 0.1) is 18.2 Å². The summed E-state index contributed by atoms with van der Waals surface area (Å²) >= 11 is 6.27. The highest BCUT2D eigenvalue weighted by atomic mass is 35.5. The van der Waals surface area contributed by atoms with Crippen LogP contribution in [0.2, 0.25) is 5.02 Å². The molecule has 2 aliphatic rings. The van der Waals surface area contributed by atoms with E-state index in [1.807, 2.05) is 17.0 Å². The predicted octanol–water partition coefficient (Wildman–Crippen LogP) is 4.44. The summed E-state index contributed by atoms with van der Waals surface area (Å²) in [6.07, 6.45) is 4.00. The molecule has 0 aromatic heterocycles. The van der Waals surface area contributed by atoms with Crippen LogP contribution >= 0.6 is 24.0 Å². The van der Waals surface area contributed by atoms with Crippen molar-refractivity contribution in [3.05, 3.63) is 64.7 Å². The number of carbonyl (C=O) groups is 2. The molecule has 2 aromatic rings. The van der Waals surface area contributed by atoms with E-state index in [9.17, 15) is 9.59 Å². The molecular formula is C30H42Cl2N4O3. The van der Waals surface area contributed by atoms with Crippen molar-refractivity contribution in [1.82, 2.24) is 15.1 Å². The summed E-state index contributed by atoms with van der Waals surface area (Å²) in [7, 11) is 1.57. The van der Waals surface area contributed by atoms with Crippen LogP contribution in [0.5, 0.6) is 5.75 Å². The van der Waals surface area contributed by atoms with E-state index in [1.54, 1.807) is 19.2 Å². The number of hydrogen-bond acceptors (Lipinski definition) is 5. The van der Waals surface area contributed by atoms with Gasteiger partial charge in [-0.15, -0.1) is 12.4 Å². The number of methoxy groups -OCH3 is 1. The molecule has 2 amide bonds. The van der Waals surface area contributed by atoms with Crippen molar-refractivity contribution in [2.45, 2.75) is 76.7 Å². The predicted molar refractivity (Wildman–Crippen MR) is 158 cm³/mol. The maximum absolute atomic E-state index is 13.9. The number of nitrogens with one attached hydrogen (secondary N) is 1. The van der Waals surface area contributed by atoms with Crippen LogP contribution < -0.4 is 15.8 Å². The Kier molecular flexibility index (Phi) is 11.5. The Labute approximate surface area is 243 Å². The summed E-state index contributed by atoms with van der Waals surface area (Å²) in [5.41, 5.74) is 8.55. The fourth-order valence-corrected chi connectivity index (χ4v) is 6.12. The van der Waals surface area contributed by atoms with E-state index in [0.717, 1.165) is 31.4 Å². The fourth-order valence-electron chi connectivity index (χ4n) is 5.84. The average Bonchev–Trinajstić information content (AvgIpc) is 3.24. The van der Waals surface area contributed by atoms with Crippen molar-refractivity contribution < 1.29 is 14.3 Å². The Morgan fingerprint density at radius 2 is 1.92 bits per heavy atom. The zero-order valence-electron chi connectivity index (χ0n) is 23.1. The molecule has 214 valence electrons. The minimum atomic E-state index is -0.525. The molecule has 2 aromatic carbocycles. The van der Waals surface area contributed by atoms with E-state index in [0.29, 0.717) is 36.7 Å². The van der Waals surface area contributed by atoms with Crippen LogP contribution in [0.25, 0.3) is 0 Å². The van der Waals surface area contributed by atoms with E-state index >= 15 is 0 Å². The second-order valence-corrected chi connectivity index (χ2v) is 11.4. The summed E-state index contributed by atoms with van der Waals surface area (Å²) in [5, 5.41) is 3.56. The third-order valence-corrected chi connectivity index (χ3v) is 8.07. The Morgan fingerprint density at radius 3 is 2.59 bits per heavy atom. The molecule has 7 nitrogen and oxygen atoms in total.